The summed E-state index contributed by atoms with van der Waals surface area (Å²) in [7, 11) is 0. The normalized spacial score (nSPS) is 14.4. The van der Waals surface area contributed by atoms with Gasteiger partial charge in [0.1, 0.15) is 0 Å². The lowest BCUT2D eigenvalue weighted by atomic mass is 9.89. The van der Waals surface area contributed by atoms with E-state index in [9.17, 15) is 0 Å². The van der Waals surface area contributed by atoms with E-state index in [4.69, 9.17) is 11.6 Å². The summed E-state index contributed by atoms with van der Waals surface area (Å²) in [5.74, 6) is 0. The van der Waals surface area contributed by atoms with E-state index in [0.29, 0.717) is 10.2 Å². The van der Waals surface area contributed by atoms with Crippen molar-refractivity contribution in [2.24, 2.45) is 5.41 Å². The predicted molar refractivity (Wildman–Crippen MR) is 69.8 cm³/mol. The van der Waals surface area contributed by atoms with Crippen LogP contribution in [0, 0.1) is 5.41 Å². The van der Waals surface area contributed by atoms with E-state index < -0.39 is 0 Å². The van der Waals surface area contributed by atoms with Crippen LogP contribution in [0.25, 0.3) is 0 Å². The zero-order valence-electron chi connectivity index (χ0n) is 8.81. The fourth-order valence-corrected chi connectivity index (χ4v) is 2.52. The lowest BCUT2D eigenvalue weighted by Crippen LogP contribution is -2.20. The van der Waals surface area contributed by atoms with Crippen LogP contribution < -0.4 is 0 Å². The molecule has 14 heavy (non-hydrogen) atoms. The summed E-state index contributed by atoms with van der Waals surface area (Å²) in [6.45, 7) is 6.77. The molecule has 0 aliphatic heterocycles. The van der Waals surface area contributed by atoms with Crippen LogP contribution in [0.4, 0.5) is 0 Å². The summed E-state index contributed by atoms with van der Waals surface area (Å²) in [4.78, 5) is 1.94. The molecule has 0 fully saturated rings. The Labute approximate surface area is 104 Å². The minimum atomic E-state index is 0.334. The van der Waals surface area contributed by atoms with E-state index in [1.54, 1.807) is 11.3 Å². The molecular formula is C11H16BrClS. The van der Waals surface area contributed by atoms with Crippen molar-refractivity contribution in [2.75, 3.05) is 0 Å². The van der Waals surface area contributed by atoms with Crippen molar-refractivity contribution in [3.8, 4) is 0 Å². The molecule has 1 atom stereocenters. The van der Waals surface area contributed by atoms with E-state index in [1.165, 1.54) is 11.3 Å². The molecule has 1 aromatic rings. The molecule has 0 spiro atoms. The molecule has 1 unspecified atom stereocenters. The largest absolute Gasteiger partial charge is 0.128 e. The van der Waals surface area contributed by atoms with E-state index in [0.717, 1.165) is 10.8 Å². The molecule has 0 N–H and O–H groups in total. The molecule has 1 rings (SSSR count). The maximum atomic E-state index is 5.87. The van der Waals surface area contributed by atoms with Crippen molar-refractivity contribution in [1.29, 1.82) is 0 Å². The van der Waals surface area contributed by atoms with Gasteiger partial charge in [0.15, 0.2) is 0 Å². The fraction of sp³-hybridized carbons (Fsp3) is 0.636. The van der Waals surface area contributed by atoms with Gasteiger partial charge < -0.3 is 0 Å². The van der Waals surface area contributed by atoms with Gasteiger partial charge in [0.2, 0.25) is 0 Å². The molecule has 1 aromatic heterocycles. The molecule has 0 aliphatic rings. The van der Waals surface area contributed by atoms with Gasteiger partial charge >= 0.3 is 0 Å². The van der Waals surface area contributed by atoms with Gasteiger partial charge in [0, 0.05) is 9.70 Å². The Balaban J connectivity index is 2.41. The molecule has 0 aromatic carbocycles. The highest BCUT2D eigenvalue weighted by Gasteiger charge is 2.21. The lowest BCUT2D eigenvalue weighted by Gasteiger charge is -2.25. The molecule has 0 bridgehead atoms. The van der Waals surface area contributed by atoms with Gasteiger partial charge in [-0.3, -0.25) is 0 Å². The minimum absolute atomic E-state index is 0.334. The maximum Gasteiger partial charge on any atom is 0.0931 e. The molecule has 80 valence electrons. The number of halogens is 2. The van der Waals surface area contributed by atoms with Crippen molar-refractivity contribution >= 4 is 38.9 Å². The van der Waals surface area contributed by atoms with E-state index >= 15 is 0 Å². The topological polar surface area (TPSA) is 0 Å². The molecule has 0 aliphatic carbocycles. The first-order valence-electron chi connectivity index (χ1n) is 4.78. The Morgan fingerprint density at radius 3 is 2.50 bits per heavy atom. The zero-order chi connectivity index (χ0) is 10.8. The standard InChI is InChI=1S/C11H16BrClS/c1-11(2,3)9(12)6-4-8-5-7-10(13)14-8/h5,7,9H,4,6H2,1-3H3. The third-order valence-electron chi connectivity index (χ3n) is 2.21. The van der Waals surface area contributed by atoms with Gasteiger partial charge in [-0.2, -0.15) is 0 Å². The minimum Gasteiger partial charge on any atom is -0.128 e. The van der Waals surface area contributed by atoms with Crippen LogP contribution in [0.3, 0.4) is 0 Å². The Bertz CT molecular complexity index is 288. The third-order valence-corrected chi connectivity index (χ3v) is 5.34. The van der Waals surface area contributed by atoms with Gasteiger partial charge in [-0.05, 0) is 30.4 Å². The Morgan fingerprint density at radius 2 is 2.07 bits per heavy atom. The Morgan fingerprint density at radius 1 is 1.43 bits per heavy atom. The smallest absolute Gasteiger partial charge is 0.0931 e. The van der Waals surface area contributed by atoms with Gasteiger partial charge in [-0.1, -0.05) is 48.3 Å². The van der Waals surface area contributed by atoms with Crippen molar-refractivity contribution in [3.05, 3.63) is 21.3 Å². The van der Waals surface area contributed by atoms with Gasteiger partial charge in [0.25, 0.3) is 0 Å². The number of thiophene rings is 1. The second-order valence-corrected chi connectivity index (χ2v) is 7.48. The second-order valence-electron chi connectivity index (χ2n) is 4.58. The molecule has 0 saturated carbocycles. The molecular weight excluding hydrogens is 280 g/mol. The molecule has 0 saturated heterocycles. The first-order valence-corrected chi connectivity index (χ1v) is 6.89. The quantitative estimate of drug-likeness (QED) is 0.677. The van der Waals surface area contributed by atoms with Gasteiger partial charge in [0.05, 0.1) is 4.34 Å². The summed E-state index contributed by atoms with van der Waals surface area (Å²) >= 11 is 11.3. The highest BCUT2D eigenvalue weighted by molar-refractivity contribution is 9.09. The van der Waals surface area contributed by atoms with Crippen LogP contribution in [-0.2, 0) is 6.42 Å². The summed E-state index contributed by atoms with van der Waals surface area (Å²) in [5.41, 5.74) is 0.334. The zero-order valence-corrected chi connectivity index (χ0v) is 12.0. The van der Waals surface area contributed by atoms with Crippen LogP contribution >= 0.6 is 38.9 Å². The summed E-state index contributed by atoms with van der Waals surface area (Å²) in [6.07, 6.45) is 2.28. The van der Waals surface area contributed by atoms with Crippen LogP contribution in [0.15, 0.2) is 12.1 Å². The monoisotopic (exact) mass is 294 g/mol. The third kappa shape index (κ3) is 3.92. The second kappa shape index (κ2) is 5.00. The molecule has 0 amide bonds. The van der Waals surface area contributed by atoms with Crippen LogP contribution in [-0.4, -0.2) is 4.83 Å². The lowest BCUT2D eigenvalue weighted by molar-refractivity contribution is 0.386. The van der Waals surface area contributed by atoms with E-state index in [-0.39, 0.29) is 0 Å². The molecule has 1 heterocycles. The van der Waals surface area contributed by atoms with Crippen LogP contribution in [0.1, 0.15) is 32.1 Å². The van der Waals surface area contributed by atoms with Crippen LogP contribution in [0.5, 0.6) is 0 Å². The van der Waals surface area contributed by atoms with Crippen molar-refractivity contribution < 1.29 is 0 Å². The predicted octanol–water partition coefficient (Wildman–Crippen LogP) is 5.14. The van der Waals surface area contributed by atoms with Crippen molar-refractivity contribution in [2.45, 2.75) is 38.4 Å². The Hall–Kier alpha value is 0.470. The van der Waals surface area contributed by atoms with Crippen molar-refractivity contribution in [1.82, 2.24) is 0 Å². The molecule has 0 radical (unpaired) electrons. The molecule has 0 nitrogen and oxygen atoms in total. The van der Waals surface area contributed by atoms with E-state index in [1.807, 2.05) is 6.07 Å². The fourth-order valence-electron chi connectivity index (χ4n) is 1.19. The van der Waals surface area contributed by atoms with Gasteiger partial charge in [-0.25, -0.2) is 0 Å². The number of alkyl halides is 1. The van der Waals surface area contributed by atoms with Crippen LogP contribution in [0.2, 0.25) is 4.34 Å². The number of aryl methyl sites for hydroxylation is 1. The molecule has 3 heteroatoms. The number of rotatable bonds is 3. The average molecular weight is 296 g/mol. The highest BCUT2D eigenvalue weighted by Crippen LogP contribution is 2.31. The highest BCUT2D eigenvalue weighted by atomic mass is 79.9. The number of hydrogen-bond donors (Lipinski definition) is 0. The number of hydrogen-bond acceptors (Lipinski definition) is 1. The summed E-state index contributed by atoms with van der Waals surface area (Å²) in [5, 5.41) is 0. The van der Waals surface area contributed by atoms with Crippen molar-refractivity contribution in [3.63, 3.8) is 0 Å². The van der Waals surface area contributed by atoms with Gasteiger partial charge in [-0.15, -0.1) is 11.3 Å². The van der Waals surface area contributed by atoms with E-state index in [2.05, 4.69) is 42.8 Å². The average Bonchev–Trinajstić information content (AvgIpc) is 2.45. The summed E-state index contributed by atoms with van der Waals surface area (Å²) < 4.78 is 0.891. The Kier molecular flexibility index (Phi) is 4.48. The summed E-state index contributed by atoms with van der Waals surface area (Å²) in [6, 6.07) is 4.09. The maximum absolute atomic E-state index is 5.87. The SMILES string of the molecule is CC(C)(C)C(Br)CCc1ccc(Cl)s1. The first kappa shape index (κ1) is 12.5. The first-order chi connectivity index (χ1) is 6.39.